The van der Waals surface area contributed by atoms with Crippen molar-refractivity contribution in [2.75, 3.05) is 19.5 Å². The van der Waals surface area contributed by atoms with Crippen molar-refractivity contribution in [3.8, 4) is 0 Å². The molecule has 140 valence electrons. The molecular weight excluding hydrogens is 364 g/mol. The predicted octanol–water partition coefficient (Wildman–Crippen LogP) is 2.51. The standard InChI is InChI=1S/C20H20N2O4S/c1-26-19(25)15-7-8-16-17(13-15)21-20(27-12-11-23)22(18(16)24)10-9-14-5-3-2-4-6-14/h2-8,13,23H,9-12H2,1H3. The zero-order valence-electron chi connectivity index (χ0n) is 14.9. The average molecular weight is 384 g/mol. The van der Waals surface area contributed by atoms with E-state index in [1.54, 1.807) is 22.8 Å². The lowest BCUT2D eigenvalue weighted by molar-refractivity contribution is 0.0601. The van der Waals surface area contributed by atoms with Gasteiger partial charge < -0.3 is 9.84 Å². The number of aliphatic hydroxyl groups excluding tert-OH is 1. The summed E-state index contributed by atoms with van der Waals surface area (Å²) in [6, 6.07) is 14.7. The Morgan fingerprint density at radius 2 is 2.00 bits per heavy atom. The van der Waals surface area contributed by atoms with Gasteiger partial charge in [-0.3, -0.25) is 9.36 Å². The van der Waals surface area contributed by atoms with Crippen molar-refractivity contribution in [1.29, 1.82) is 0 Å². The third-order valence-electron chi connectivity index (χ3n) is 4.13. The van der Waals surface area contributed by atoms with Crippen molar-refractivity contribution in [3.63, 3.8) is 0 Å². The van der Waals surface area contributed by atoms with E-state index < -0.39 is 5.97 Å². The third kappa shape index (κ3) is 4.37. The summed E-state index contributed by atoms with van der Waals surface area (Å²) in [6.07, 6.45) is 0.695. The van der Waals surface area contributed by atoms with Crippen LogP contribution >= 0.6 is 11.8 Å². The van der Waals surface area contributed by atoms with Crippen molar-refractivity contribution in [1.82, 2.24) is 9.55 Å². The van der Waals surface area contributed by atoms with Gasteiger partial charge in [-0.1, -0.05) is 42.1 Å². The molecule has 0 saturated heterocycles. The van der Waals surface area contributed by atoms with Crippen LogP contribution in [0.1, 0.15) is 15.9 Å². The van der Waals surface area contributed by atoms with Gasteiger partial charge in [-0.05, 0) is 30.2 Å². The largest absolute Gasteiger partial charge is 0.465 e. The Morgan fingerprint density at radius 3 is 2.70 bits per heavy atom. The second-order valence-electron chi connectivity index (χ2n) is 5.88. The molecule has 0 spiro atoms. The molecule has 1 N–H and O–H groups in total. The van der Waals surface area contributed by atoms with Crippen LogP contribution in [0.5, 0.6) is 0 Å². The fraction of sp³-hybridized carbons (Fsp3) is 0.250. The van der Waals surface area contributed by atoms with Crippen LogP contribution in [-0.2, 0) is 17.7 Å². The van der Waals surface area contributed by atoms with E-state index in [1.165, 1.54) is 18.9 Å². The van der Waals surface area contributed by atoms with Gasteiger partial charge in [0.05, 0.1) is 30.2 Å². The number of aliphatic hydroxyl groups is 1. The van der Waals surface area contributed by atoms with Crippen LogP contribution in [0, 0.1) is 0 Å². The Morgan fingerprint density at radius 1 is 1.22 bits per heavy atom. The molecule has 0 radical (unpaired) electrons. The normalized spacial score (nSPS) is 10.9. The maximum atomic E-state index is 13.0. The fourth-order valence-corrected chi connectivity index (χ4v) is 3.54. The molecule has 7 heteroatoms. The van der Waals surface area contributed by atoms with Gasteiger partial charge in [-0.15, -0.1) is 0 Å². The number of thioether (sulfide) groups is 1. The Labute approximate surface area is 160 Å². The molecular formula is C20H20N2O4S. The molecule has 1 aromatic heterocycles. The summed E-state index contributed by atoms with van der Waals surface area (Å²) in [7, 11) is 1.31. The van der Waals surface area contributed by atoms with Crippen molar-refractivity contribution in [2.24, 2.45) is 0 Å². The molecule has 0 aliphatic heterocycles. The number of aryl methyl sites for hydroxylation is 1. The van der Waals surface area contributed by atoms with Crippen LogP contribution in [0.2, 0.25) is 0 Å². The number of hydrogen-bond donors (Lipinski definition) is 1. The van der Waals surface area contributed by atoms with Crippen molar-refractivity contribution in [2.45, 2.75) is 18.1 Å². The maximum Gasteiger partial charge on any atom is 0.337 e. The van der Waals surface area contributed by atoms with E-state index in [-0.39, 0.29) is 12.2 Å². The quantitative estimate of drug-likeness (QED) is 0.383. The molecule has 0 fully saturated rings. The highest BCUT2D eigenvalue weighted by molar-refractivity contribution is 7.99. The number of ether oxygens (including phenoxy) is 1. The number of methoxy groups -OCH3 is 1. The minimum absolute atomic E-state index is 0.0144. The summed E-state index contributed by atoms with van der Waals surface area (Å²) in [5, 5.41) is 10.1. The van der Waals surface area contributed by atoms with E-state index >= 15 is 0 Å². The van der Waals surface area contributed by atoms with E-state index in [4.69, 9.17) is 9.84 Å². The molecule has 1 heterocycles. The van der Waals surface area contributed by atoms with Crippen LogP contribution in [0.3, 0.4) is 0 Å². The van der Waals surface area contributed by atoms with Gasteiger partial charge in [0.1, 0.15) is 0 Å². The fourth-order valence-electron chi connectivity index (χ4n) is 2.78. The topological polar surface area (TPSA) is 81.4 Å². The zero-order valence-corrected chi connectivity index (χ0v) is 15.7. The first-order valence-electron chi connectivity index (χ1n) is 8.54. The van der Waals surface area contributed by atoms with Gasteiger partial charge in [0, 0.05) is 12.3 Å². The van der Waals surface area contributed by atoms with E-state index in [0.29, 0.717) is 40.3 Å². The molecule has 2 aromatic carbocycles. The van der Waals surface area contributed by atoms with Gasteiger partial charge in [0.25, 0.3) is 5.56 Å². The van der Waals surface area contributed by atoms with Gasteiger partial charge >= 0.3 is 5.97 Å². The first-order valence-corrected chi connectivity index (χ1v) is 9.53. The number of esters is 1. The smallest absolute Gasteiger partial charge is 0.337 e. The summed E-state index contributed by atoms with van der Waals surface area (Å²) in [4.78, 5) is 29.3. The summed E-state index contributed by atoms with van der Waals surface area (Å²) < 4.78 is 6.37. The molecule has 27 heavy (non-hydrogen) atoms. The van der Waals surface area contributed by atoms with Crippen molar-refractivity contribution >= 4 is 28.6 Å². The lowest BCUT2D eigenvalue weighted by Crippen LogP contribution is -2.24. The van der Waals surface area contributed by atoms with Gasteiger partial charge in [-0.25, -0.2) is 9.78 Å². The van der Waals surface area contributed by atoms with E-state index in [1.807, 2.05) is 30.3 Å². The first kappa shape index (κ1) is 19.1. The van der Waals surface area contributed by atoms with Gasteiger partial charge in [0.2, 0.25) is 0 Å². The Bertz CT molecular complexity index is 1000. The number of aromatic nitrogens is 2. The Hall–Kier alpha value is -2.64. The summed E-state index contributed by atoms with van der Waals surface area (Å²) in [6.45, 7) is 0.470. The summed E-state index contributed by atoms with van der Waals surface area (Å²) in [5.74, 6) is -0.0449. The van der Waals surface area contributed by atoms with Crippen molar-refractivity contribution in [3.05, 3.63) is 70.0 Å². The molecule has 0 unspecified atom stereocenters. The first-order chi connectivity index (χ1) is 13.1. The monoisotopic (exact) mass is 384 g/mol. The second-order valence-corrected chi connectivity index (χ2v) is 6.94. The van der Waals surface area contributed by atoms with E-state index in [0.717, 1.165) is 5.56 Å². The number of carbonyl (C=O) groups excluding carboxylic acids is 1. The number of rotatable bonds is 7. The van der Waals surface area contributed by atoms with Gasteiger partial charge in [-0.2, -0.15) is 0 Å². The minimum atomic E-state index is -0.475. The Balaban J connectivity index is 2.03. The lowest BCUT2D eigenvalue weighted by Gasteiger charge is -2.13. The molecule has 0 aliphatic rings. The van der Waals surface area contributed by atoms with Crippen LogP contribution in [0.15, 0.2) is 58.5 Å². The number of carbonyl (C=O) groups is 1. The van der Waals surface area contributed by atoms with Gasteiger partial charge in [0.15, 0.2) is 5.16 Å². The Kier molecular flexibility index (Phi) is 6.26. The minimum Gasteiger partial charge on any atom is -0.465 e. The van der Waals surface area contributed by atoms with E-state index in [2.05, 4.69) is 4.98 Å². The predicted molar refractivity (Wildman–Crippen MR) is 105 cm³/mol. The number of nitrogens with zero attached hydrogens (tertiary/aromatic N) is 2. The molecule has 3 rings (SSSR count). The highest BCUT2D eigenvalue weighted by Gasteiger charge is 2.14. The lowest BCUT2D eigenvalue weighted by atomic mass is 10.1. The summed E-state index contributed by atoms with van der Waals surface area (Å²) >= 11 is 1.32. The molecule has 0 amide bonds. The van der Waals surface area contributed by atoms with Crippen LogP contribution in [-0.4, -0.2) is 40.1 Å². The molecule has 0 aliphatic carbocycles. The van der Waals surface area contributed by atoms with Crippen LogP contribution in [0.4, 0.5) is 0 Å². The second kappa shape index (κ2) is 8.83. The number of hydrogen-bond acceptors (Lipinski definition) is 6. The number of fused-ring (bicyclic) bond motifs is 1. The molecule has 0 saturated carbocycles. The average Bonchev–Trinajstić information content (AvgIpc) is 2.71. The molecule has 0 atom stereocenters. The zero-order chi connectivity index (χ0) is 19.2. The highest BCUT2D eigenvalue weighted by Crippen LogP contribution is 2.19. The van der Waals surface area contributed by atoms with Crippen molar-refractivity contribution < 1.29 is 14.6 Å². The van der Waals surface area contributed by atoms with Crippen LogP contribution < -0.4 is 5.56 Å². The molecule has 6 nitrogen and oxygen atoms in total. The maximum absolute atomic E-state index is 13.0. The molecule has 3 aromatic rings. The van der Waals surface area contributed by atoms with Crippen LogP contribution in [0.25, 0.3) is 10.9 Å². The third-order valence-corrected chi connectivity index (χ3v) is 5.09. The highest BCUT2D eigenvalue weighted by atomic mass is 32.2. The SMILES string of the molecule is COC(=O)c1ccc2c(=O)n(CCc3ccccc3)c(SCCO)nc2c1. The van der Waals surface area contributed by atoms with E-state index in [9.17, 15) is 9.59 Å². The summed E-state index contributed by atoms with van der Waals surface area (Å²) in [5.41, 5.74) is 1.76. The number of benzene rings is 2. The molecule has 0 bridgehead atoms.